The first kappa shape index (κ1) is 19.3. The smallest absolute Gasteiger partial charge is 0.345 e. The molecule has 0 aromatic heterocycles. The van der Waals surface area contributed by atoms with Crippen LogP contribution in [0.4, 0.5) is 0 Å². The average Bonchev–Trinajstić information content (AvgIpc) is 2.58. The largest absolute Gasteiger partial charge is 0.493 e. The fourth-order valence-corrected chi connectivity index (χ4v) is 2.01. The summed E-state index contributed by atoms with van der Waals surface area (Å²) in [4.78, 5) is 24.1. The summed E-state index contributed by atoms with van der Waals surface area (Å²) in [6.45, 7) is 3.58. The van der Waals surface area contributed by atoms with Crippen LogP contribution >= 0.6 is 0 Å². The number of hydrogen-bond acceptors (Lipinski definition) is 7. The Morgan fingerprint density at radius 2 is 1.42 bits per heavy atom. The van der Waals surface area contributed by atoms with E-state index in [2.05, 4.69) is 0 Å². The van der Waals surface area contributed by atoms with Gasteiger partial charge in [-0.1, -0.05) is 0 Å². The zero-order valence-electron chi connectivity index (χ0n) is 14.5. The summed E-state index contributed by atoms with van der Waals surface area (Å²) < 4.78 is 25.7. The van der Waals surface area contributed by atoms with Crippen molar-refractivity contribution >= 4 is 18.0 Å². The molecule has 7 nitrogen and oxygen atoms in total. The minimum absolute atomic E-state index is 0.138. The first-order valence-corrected chi connectivity index (χ1v) is 7.38. The van der Waals surface area contributed by atoms with E-state index in [0.29, 0.717) is 22.8 Å². The Bertz CT molecular complexity index is 600. The van der Waals surface area contributed by atoms with Crippen molar-refractivity contribution in [2.75, 3.05) is 34.5 Å². The highest BCUT2D eigenvalue weighted by molar-refractivity contribution is 6.17. The van der Waals surface area contributed by atoms with Crippen LogP contribution in [0.5, 0.6) is 17.2 Å². The van der Waals surface area contributed by atoms with E-state index in [9.17, 15) is 9.59 Å². The third-order valence-electron chi connectivity index (χ3n) is 3.03. The summed E-state index contributed by atoms with van der Waals surface area (Å²) in [7, 11) is 4.41. The topological polar surface area (TPSA) is 80.3 Å². The lowest BCUT2D eigenvalue weighted by molar-refractivity contribution is -0.146. The van der Waals surface area contributed by atoms with Crippen molar-refractivity contribution in [2.45, 2.75) is 13.8 Å². The molecule has 1 aromatic carbocycles. The number of benzene rings is 1. The summed E-state index contributed by atoms with van der Waals surface area (Å²) >= 11 is 0. The second kappa shape index (κ2) is 9.44. The Balaban J connectivity index is 3.45. The molecule has 0 radical (unpaired) electrons. The Hall–Kier alpha value is -2.70. The number of carbonyl (C=O) groups excluding carboxylic acids is 2. The molecule has 0 heterocycles. The van der Waals surface area contributed by atoms with Gasteiger partial charge in [0.05, 0.1) is 34.5 Å². The summed E-state index contributed by atoms with van der Waals surface area (Å²) in [6, 6.07) is 3.28. The maximum Gasteiger partial charge on any atom is 0.345 e. The number of hydrogen-bond donors (Lipinski definition) is 0. The van der Waals surface area contributed by atoms with Crippen molar-refractivity contribution in [3.8, 4) is 17.2 Å². The van der Waals surface area contributed by atoms with Crippen LogP contribution < -0.4 is 14.2 Å². The first-order chi connectivity index (χ1) is 11.5. The molecule has 0 spiro atoms. The van der Waals surface area contributed by atoms with Gasteiger partial charge in [0.25, 0.3) is 0 Å². The van der Waals surface area contributed by atoms with Gasteiger partial charge in [0.2, 0.25) is 5.75 Å². The van der Waals surface area contributed by atoms with Crippen LogP contribution in [0.1, 0.15) is 19.4 Å². The van der Waals surface area contributed by atoms with Crippen molar-refractivity contribution in [1.29, 1.82) is 0 Å². The highest BCUT2D eigenvalue weighted by Gasteiger charge is 2.23. The molecule has 24 heavy (non-hydrogen) atoms. The van der Waals surface area contributed by atoms with Gasteiger partial charge in [-0.25, -0.2) is 9.59 Å². The van der Waals surface area contributed by atoms with Gasteiger partial charge in [0.15, 0.2) is 11.5 Å². The highest BCUT2D eigenvalue weighted by atomic mass is 16.6. The lowest BCUT2D eigenvalue weighted by atomic mass is 10.1. The van der Waals surface area contributed by atoms with E-state index >= 15 is 0 Å². The number of esters is 2. The molecule has 0 N–H and O–H groups in total. The van der Waals surface area contributed by atoms with Gasteiger partial charge in [-0.2, -0.15) is 0 Å². The van der Waals surface area contributed by atoms with Gasteiger partial charge in [-0.15, -0.1) is 0 Å². The Labute approximate surface area is 141 Å². The van der Waals surface area contributed by atoms with Crippen molar-refractivity contribution in [3.05, 3.63) is 23.3 Å². The molecule has 0 amide bonds. The second-order valence-corrected chi connectivity index (χ2v) is 4.42. The van der Waals surface area contributed by atoms with Crippen molar-refractivity contribution in [3.63, 3.8) is 0 Å². The van der Waals surface area contributed by atoms with E-state index < -0.39 is 11.9 Å². The maximum atomic E-state index is 12.1. The molecule has 0 fully saturated rings. The van der Waals surface area contributed by atoms with Gasteiger partial charge < -0.3 is 23.7 Å². The third-order valence-corrected chi connectivity index (χ3v) is 3.03. The molecular weight excluding hydrogens is 316 g/mol. The second-order valence-electron chi connectivity index (χ2n) is 4.42. The summed E-state index contributed by atoms with van der Waals surface area (Å²) in [5.41, 5.74) is 0.218. The molecule has 0 aliphatic heterocycles. The molecule has 132 valence electrons. The molecule has 0 aliphatic rings. The van der Waals surface area contributed by atoms with Crippen LogP contribution in [-0.4, -0.2) is 46.5 Å². The zero-order chi connectivity index (χ0) is 18.1. The Kier molecular flexibility index (Phi) is 7.61. The van der Waals surface area contributed by atoms with Crippen LogP contribution in [0.15, 0.2) is 17.7 Å². The lowest BCUT2D eigenvalue weighted by Gasteiger charge is -2.14. The molecule has 0 unspecified atom stereocenters. The molecule has 1 aromatic rings. The van der Waals surface area contributed by atoms with Gasteiger partial charge in [-0.3, -0.25) is 0 Å². The van der Waals surface area contributed by atoms with Gasteiger partial charge in [0.1, 0.15) is 5.57 Å². The van der Waals surface area contributed by atoms with Gasteiger partial charge in [-0.05, 0) is 32.1 Å². The van der Waals surface area contributed by atoms with E-state index in [1.54, 1.807) is 26.0 Å². The molecule has 0 bridgehead atoms. The van der Waals surface area contributed by atoms with E-state index in [1.165, 1.54) is 27.4 Å². The Morgan fingerprint density at radius 3 is 1.83 bits per heavy atom. The average molecular weight is 338 g/mol. The fraction of sp³-hybridized carbons (Fsp3) is 0.412. The predicted molar refractivity (Wildman–Crippen MR) is 87.3 cm³/mol. The molecule has 0 saturated carbocycles. The molecule has 0 aliphatic carbocycles. The summed E-state index contributed by atoms with van der Waals surface area (Å²) in [5, 5.41) is 0. The standard InChI is InChI=1S/C17H22O7/c1-6-23-16(18)12(17(19)24-7-2)10-11-8-9-13(20-3)15(22-5)14(11)21-4/h8-10H,6-7H2,1-5H3. The van der Waals surface area contributed by atoms with Gasteiger partial charge >= 0.3 is 11.9 Å². The molecule has 0 atom stereocenters. The third kappa shape index (κ3) is 4.41. The summed E-state index contributed by atoms with van der Waals surface area (Å²) in [5.74, 6) is -0.412. The van der Waals surface area contributed by atoms with Crippen LogP contribution in [0.3, 0.4) is 0 Å². The molecule has 0 saturated heterocycles. The molecule has 7 heteroatoms. The van der Waals surface area contributed by atoms with Crippen LogP contribution in [0.25, 0.3) is 6.08 Å². The van der Waals surface area contributed by atoms with E-state index in [-0.39, 0.29) is 18.8 Å². The number of methoxy groups -OCH3 is 3. The first-order valence-electron chi connectivity index (χ1n) is 7.38. The van der Waals surface area contributed by atoms with E-state index in [4.69, 9.17) is 23.7 Å². The predicted octanol–water partition coefficient (Wildman–Crippen LogP) is 2.22. The quantitative estimate of drug-likeness (QED) is 0.311. The number of carbonyl (C=O) groups is 2. The Morgan fingerprint density at radius 1 is 0.875 bits per heavy atom. The molecular formula is C17H22O7. The van der Waals surface area contributed by atoms with Crippen LogP contribution in [0, 0.1) is 0 Å². The van der Waals surface area contributed by atoms with Crippen molar-refractivity contribution in [1.82, 2.24) is 0 Å². The number of ether oxygens (including phenoxy) is 5. The highest BCUT2D eigenvalue weighted by Crippen LogP contribution is 2.40. The SMILES string of the molecule is CCOC(=O)C(=Cc1ccc(OC)c(OC)c1OC)C(=O)OCC. The summed E-state index contributed by atoms with van der Waals surface area (Å²) in [6.07, 6.45) is 1.34. The van der Waals surface area contributed by atoms with Crippen molar-refractivity contribution in [2.24, 2.45) is 0 Å². The normalized spacial score (nSPS) is 9.71. The number of rotatable bonds is 8. The van der Waals surface area contributed by atoms with Crippen LogP contribution in [-0.2, 0) is 19.1 Å². The minimum Gasteiger partial charge on any atom is -0.493 e. The minimum atomic E-state index is -0.771. The van der Waals surface area contributed by atoms with Crippen LogP contribution in [0.2, 0.25) is 0 Å². The monoisotopic (exact) mass is 338 g/mol. The fourth-order valence-electron chi connectivity index (χ4n) is 2.01. The van der Waals surface area contributed by atoms with E-state index in [0.717, 1.165) is 0 Å². The lowest BCUT2D eigenvalue weighted by Crippen LogP contribution is -2.18. The maximum absolute atomic E-state index is 12.1. The van der Waals surface area contributed by atoms with Gasteiger partial charge in [0, 0.05) is 5.56 Å². The van der Waals surface area contributed by atoms with E-state index in [1.807, 2.05) is 0 Å². The zero-order valence-corrected chi connectivity index (χ0v) is 14.5. The van der Waals surface area contributed by atoms with Crippen molar-refractivity contribution < 1.29 is 33.3 Å². The molecule has 1 rings (SSSR count).